The molecule has 0 aromatic heterocycles. The Labute approximate surface area is 86.8 Å². The SMILES string of the molecule is CCCOC(=O)C(C)OC(CC)CC. The van der Waals surface area contributed by atoms with E-state index in [1.54, 1.807) is 6.92 Å². The van der Waals surface area contributed by atoms with Crippen LogP contribution in [0.2, 0.25) is 0 Å². The first kappa shape index (κ1) is 13.4. The molecule has 14 heavy (non-hydrogen) atoms. The van der Waals surface area contributed by atoms with Gasteiger partial charge in [-0.05, 0) is 26.2 Å². The smallest absolute Gasteiger partial charge is 0.334 e. The highest BCUT2D eigenvalue weighted by molar-refractivity contribution is 5.74. The van der Waals surface area contributed by atoms with Gasteiger partial charge in [0, 0.05) is 0 Å². The van der Waals surface area contributed by atoms with Crippen LogP contribution in [0.25, 0.3) is 0 Å². The molecule has 0 amide bonds. The zero-order valence-corrected chi connectivity index (χ0v) is 9.71. The minimum atomic E-state index is -0.438. The molecule has 0 radical (unpaired) electrons. The van der Waals surface area contributed by atoms with Crippen molar-refractivity contribution in [3.05, 3.63) is 0 Å². The highest BCUT2D eigenvalue weighted by Gasteiger charge is 2.18. The second-order valence-corrected chi connectivity index (χ2v) is 3.38. The molecule has 0 aromatic carbocycles. The predicted molar refractivity (Wildman–Crippen MR) is 56.2 cm³/mol. The van der Waals surface area contributed by atoms with E-state index < -0.39 is 6.10 Å². The van der Waals surface area contributed by atoms with Crippen molar-refractivity contribution in [3.63, 3.8) is 0 Å². The van der Waals surface area contributed by atoms with Crippen LogP contribution in [-0.4, -0.2) is 24.8 Å². The normalized spacial score (nSPS) is 12.9. The standard InChI is InChI=1S/C11H22O3/c1-5-8-13-11(12)9(4)14-10(6-2)7-3/h9-10H,5-8H2,1-4H3. The van der Waals surface area contributed by atoms with E-state index in [1.807, 2.05) is 6.92 Å². The molecule has 0 N–H and O–H groups in total. The molecule has 0 spiro atoms. The lowest BCUT2D eigenvalue weighted by Crippen LogP contribution is -2.28. The molecule has 1 atom stereocenters. The van der Waals surface area contributed by atoms with E-state index in [9.17, 15) is 4.79 Å². The summed E-state index contributed by atoms with van der Waals surface area (Å²) in [6.45, 7) is 8.31. The average molecular weight is 202 g/mol. The zero-order valence-electron chi connectivity index (χ0n) is 9.71. The van der Waals surface area contributed by atoms with Crippen LogP contribution in [0.1, 0.15) is 47.0 Å². The second-order valence-electron chi connectivity index (χ2n) is 3.38. The molecule has 0 saturated carbocycles. The van der Waals surface area contributed by atoms with Gasteiger partial charge in [0.1, 0.15) is 0 Å². The minimum absolute atomic E-state index is 0.166. The third-order valence-corrected chi connectivity index (χ3v) is 2.09. The molecule has 0 fully saturated rings. The third-order valence-electron chi connectivity index (χ3n) is 2.09. The van der Waals surface area contributed by atoms with Crippen LogP contribution in [0, 0.1) is 0 Å². The number of esters is 1. The fourth-order valence-corrected chi connectivity index (χ4v) is 1.15. The van der Waals surface area contributed by atoms with Crippen molar-refractivity contribution in [1.29, 1.82) is 0 Å². The van der Waals surface area contributed by atoms with Crippen molar-refractivity contribution in [2.24, 2.45) is 0 Å². The monoisotopic (exact) mass is 202 g/mol. The van der Waals surface area contributed by atoms with Gasteiger partial charge >= 0.3 is 5.97 Å². The lowest BCUT2D eigenvalue weighted by Gasteiger charge is -2.18. The number of hydrogen-bond donors (Lipinski definition) is 0. The van der Waals surface area contributed by atoms with E-state index in [-0.39, 0.29) is 12.1 Å². The Kier molecular flexibility index (Phi) is 7.48. The molecular weight excluding hydrogens is 180 g/mol. The Morgan fingerprint density at radius 1 is 1.21 bits per heavy atom. The van der Waals surface area contributed by atoms with Crippen LogP contribution < -0.4 is 0 Å². The van der Waals surface area contributed by atoms with Gasteiger partial charge in [-0.2, -0.15) is 0 Å². The lowest BCUT2D eigenvalue weighted by atomic mass is 10.2. The summed E-state index contributed by atoms with van der Waals surface area (Å²) in [5, 5.41) is 0. The van der Waals surface area contributed by atoms with Crippen molar-refractivity contribution in [2.75, 3.05) is 6.61 Å². The van der Waals surface area contributed by atoms with Crippen LogP contribution in [-0.2, 0) is 14.3 Å². The van der Waals surface area contributed by atoms with Gasteiger partial charge in [-0.15, -0.1) is 0 Å². The quantitative estimate of drug-likeness (QED) is 0.595. The minimum Gasteiger partial charge on any atom is -0.464 e. The molecule has 3 nitrogen and oxygen atoms in total. The number of ether oxygens (including phenoxy) is 2. The molecule has 0 bridgehead atoms. The summed E-state index contributed by atoms with van der Waals surface area (Å²) in [6, 6.07) is 0. The van der Waals surface area contributed by atoms with Crippen molar-refractivity contribution in [2.45, 2.75) is 59.2 Å². The Bertz CT molecular complexity index is 153. The summed E-state index contributed by atoms with van der Waals surface area (Å²) in [5.74, 6) is -0.251. The summed E-state index contributed by atoms with van der Waals surface area (Å²) in [7, 11) is 0. The van der Waals surface area contributed by atoms with Crippen LogP contribution in [0.5, 0.6) is 0 Å². The van der Waals surface area contributed by atoms with Gasteiger partial charge in [-0.25, -0.2) is 4.79 Å². The van der Waals surface area contributed by atoms with Crippen molar-refractivity contribution >= 4 is 5.97 Å². The van der Waals surface area contributed by atoms with Crippen LogP contribution in [0.15, 0.2) is 0 Å². The van der Waals surface area contributed by atoms with E-state index in [4.69, 9.17) is 9.47 Å². The van der Waals surface area contributed by atoms with Crippen molar-refractivity contribution < 1.29 is 14.3 Å². The maximum atomic E-state index is 11.3. The molecule has 3 heteroatoms. The van der Waals surface area contributed by atoms with E-state index in [2.05, 4.69) is 13.8 Å². The largest absolute Gasteiger partial charge is 0.464 e. The lowest BCUT2D eigenvalue weighted by molar-refractivity contribution is -0.159. The second kappa shape index (κ2) is 7.80. The fraction of sp³-hybridized carbons (Fsp3) is 0.909. The number of carbonyl (C=O) groups is 1. The Morgan fingerprint density at radius 2 is 1.79 bits per heavy atom. The molecule has 84 valence electrons. The first-order valence-electron chi connectivity index (χ1n) is 5.47. The highest BCUT2D eigenvalue weighted by atomic mass is 16.6. The van der Waals surface area contributed by atoms with Gasteiger partial charge in [-0.1, -0.05) is 20.8 Å². The maximum absolute atomic E-state index is 11.3. The van der Waals surface area contributed by atoms with Gasteiger partial charge in [0.25, 0.3) is 0 Å². The molecule has 0 aliphatic rings. The molecule has 0 aromatic rings. The van der Waals surface area contributed by atoms with E-state index in [1.165, 1.54) is 0 Å². The van der Waals surface area contributed by atoms with Crippen LogP contribution in [0.3, 0.4) is 0 Å². The van der Waals surface area contributed by atoms with Gasteiger partial charge in [0.2, 0.25) is 0 Å². The third kappa shape index (κ3) is 5.22. The summed E-state index contributed by atoms with van der Waals surface area (Å²) in [6.07, 6.45) is 2.44. The van der Waals surface area contributed by atoms with Gasteiger partial charge in [0.05, 0.1) is 12.7 Å². The van der Waals surface area contributed by atoms with Crippen molar-refractivity contribution in [3.8, 4) is 0 Å². The van der Waals surface area contributed by atoms with Crippen molar-refractivity contribution in [1.82, 2.24) is 0 Å². The van der Waals surface area contributed by atoms with Gasteiger partial charge in [-0.3, -0.25) is 0 Å². The summed E-state index contributed by atoms with van der Waals surface area (Å²) in [4.78, 5) is 11.3. The molecule has 0 aliphatic carbocycles. The Morgan fingerprint density at radius 3 is 2.21 bits per heavy atom. The molecule has 0 aliphatic heterocycles. The molecule has 1 unspecified atom stereocenters. The van der Waals surface area contributed by atoms with Crippen LogP contribution >= 0.6 is 0 Å². The number of carbonyl (C=O) groups excluding carboxylic acids is 1. The first-order valence-corrected chi connectivity index (χ1v) is 5.47. The van der Waals surface area contributed by atoms with E-state index >= 15 is 0 Å². The molecule has 0 saturated heterocycles. The fourth-order valence-electron chi connectivity index (χ4n) is 1.15. The first-order chi connectivity index (χ1) is 6.65. The summed E-state index contributed by atoms with van der Waals surface area (Å²) < 4.78 is 10.5. The van der Waals surface area contributed by atoms with Gasteiger partial charge in [0.15, 0.2) is 6.10 Å². The average Bonchev–Trinajstić information content (AvgIpc) is 2.21. The predicted octanol–water partition coefficient (Wildman–Crippen LogP) is 2.53. The van der Waals surface area contributed by atoms with Crippen LogP contribution in [0.4, 0.5) is 0 Å². The summed E-state index contributed by atoms with van der Waals surface area (Å²) >= 11 is 0. The molecular formula is C11H22O3. The molecule has 0 heterocycles. The topological polar surface area (TPSA) is 35.5 Å². The highest BCUT2D eigenvalue weighted by Crippen LogP contribution is 2.07. The van der Waals surface area contributed by atoms with Gasteiger partial charge < -0.3 is 9.47 Å². The maximum Gasteiger partial charge on any atom is 0.334 e. The number of rotatable bonds is 7. The Balaban J connectivity index is 3.81. The summed E-state index contributed by atoms with van der Waals surface area (Å²) in [5.41, 5.74) is 0. The Hall–Kier alpha value is -0.570. The number of hydrogen-bond acceptors (Lipinski definition) is 3. The zero-order chi connectivity index (χ0) is 11.0. The van der Waals surface area contributed by atoms with E-state index in [0.717, 1.165) is 19.3 Å². The molecule has 0 rings (SSSR count). The van der Waals surface area contributed by atoms with E-state index in [0.29, 0.717) is 6.61 Å².